The Labute approximate surface area is 107 Å². The van der Waals surface area contributed by atoms with Crippen LogP contribution in [0.25, 0.3) is 0 Å². The number of methoxy groups -OCH3 is 2. The SMILES string of the molecule is COc1ccc(C(N)C2(C#N)CC2)c(OC)c1C. The molecule has 0 bridgehead atoms. The van der Waals surface area contributed by atoms with Crippen molar-refractivity contribution < 1.29 is 9.47 Å². The fourth-order valence-corrected chi connectivity index (χ4v) is 2.36. The van der Waals surface area contributed by atoms with Crippen molar-refractivity contribution >= 4 is 0 Å². The second kappa shape index (κ2) is 4.51. The van der Waals surface area contributed by atoms with E-state index in [2.05, 4.69) is 6.07 Å². The molecule has 1 aliphatic carbocycles. The van der Waals surface area contributed by atoms with Gasteiger partial charge in [-0.15, -0.1) is 0 Å². The molecule has 2 N–H and O–H groups in total. The fourth-order valence-electron chi connectivity index (χ4n) is 2.36. The van der Waals surface area contributed by atoms with Crippen LogP contribution in [0.2, 0.25) is 0 Å². The average molecular weight is 246 g/mol. The van der Waals surface area contributed by atoms with Gasteiger partial charge in [-0.3, -0.25) is 0 Å². The van der Waals surface area contributed by atoms with E-state index < -0.39 is 5.41 Å². The molecule has 1 aromatic carbocycles. The number of nitrogens with two attached hydrogens (primary N) is 1. The van der Waals surface area contributed by atoms with E-state index in [0.717, 1.165) is 35.5 Å². The fraction of sp³-hybridized carbons (Fsp3) is 0.500. The molecule has 0 amide bonds. The second-order valence-electron chi connectivity index (χ2n) is 4.76. The first kappa shape index (κ1) is 12.7. The molecule has 0 heterocycles. The predicted octanol–water partition coefficient (Wildman–Crippen LogP) is 2.32. The molecule has 1 atom stereocenters. The van der Waals surface area contributed by atoms with E-state index in [-0.39, 0.29) is 6.04 Å². The third-order valence-corrected chi connectivity index (χ3v) is 3.75. The summed E-state index contributed by atoms with van der Waals surface area (Å²) in [7, 11) is 3.24. The van der Waals surface area contributed by atoms with Gasteiger partial charge in [0.2, 0.25) is 0 Å². The molecule has 0 aliphatic heterocycles. The lowest BCUT2D eigenvalue weighted by Crippen LogP contribution is -2.22. The zero-order chi connectivity index (χ0) is 13.3. The van der Waals surface area contributed by atoms with Gasteiger partial charge in [-0.2, -0.15) is 5.26 Å². The van der Waals surface area contributed by atoms with E-state index in [1.165, 1.54) is 0 Å². The topological polar surface area (TPSA) is 68.3 Å². The zero-order valence-corrected chi connectivity index (χ0v) is 11.0. The average Bonchev–Trinajstić information content (AvgIpc) is 3.18. The number of hydrogen-bond acceptors (Lipinski definition) is 4. The largest absolute Gasteiger partial charge is 0.496 e. The summed E-state index contributed by atoms with van der Waals surface area (Å²) in [6, 6.07) is 5.81. The molecule has 0 aromatic heterocycles. The smallest absolute Gasteiger partial charge is 0.130 e. The Hall–Kier alpha value is -1.73. The van der Waals surface area contributed by atoms with Gasteiger partial charge in [0.15, 0.2) is 0 Å². The standard InChI is InChI=1S/C14H18N2O2/c1-9-11(17-2)5-4-10(12(9)18-3)13(16)14(8-15)6-7-14/h4-5,13H,6-7,16H2,1-3H3. The summed E-state index contributed by atoms with van der Waals surface area (Å²) in [5.74, 6) is 1.49. The second-order valence-corrected chi connectivity index (χ2v) is 4.76. The van der Waals surface area contributed by atoms with Gasteiger partial charge in [0, 0.05) is 11.1 Å². The van der Waals surface area contributed by atoms with Crippen molar-refractivity contribution in [1.29, 1.82) is 5.26 Å². The van der Waals surface area contributed by atoms with Crippen molar-refractivity contribution in [3.63, 3.8) is 0 Å². The maximum atomic E-state index is 9.23. The summed E-state index contributed by atoms with van der Waals surface area (Å²) in [5, 5.41) is 9.23. The Morgan fingerprint density at radius 1 is 1.33 bits per heavy atom. The maximum absolute atomic E-state index is 9.23. The van der Waals surface area contributed by atoms with E-state index in [1.807, 2.05) is 19.1 Å². The van der Waals surface area contributed by atoms with Crippen molar-refractivity contribution in [3.05, 3.63) is 23.3 Å². The molecule has 0 saturated heterocycles. The van der Waals surface area contributed by atoms with Gasteiger partial charge < -0.3 is 15.2 Å². The number of nitrogens with zero attached hydrogens (tertiary/aromatic N) is 1. The highest BCUT2D eigenvalue weighted by atomic mass is 16.5. The van der Waals surface area contributed by atoms with E-state index in [4.69, 9.17) is 15.2 Å². The molecular weight excluding hydrogens is 228 g/mol. The van der Waals surface area contributed by atoms with Gasteiger partial charge in [-0.1, -0.05) is 0 Å². The van der Waals surface area contributed by atoms with Crippen LogP contribution in [0.5, 0.6) is 11.5 Å². The highest BCUT2D eigenvalue weighted by Crippen LogP contribution is 2.55. The van der Waals surface area contributed by atoms with Crippen molar-refractivity contribution in [3.8, 4) is 17.6 Å². The molecule has 2 rings (SSSR count). The Kier molecular flexibility index (Phi) is 3.18. The number of rotatable bonds is 4. The van der Waals surface area contributed by atoms with Gasteiger partial charge in [0.25, 0.3) is 0 Å². The third-order valence-electron chi connectivity index (χ3n) is 3.75. The number of nitriles is 1. The van der Waals surface area contributed by atoms with Crippen molar-refractivity contribution in [2.45, 2.75) is 25.8 Å². The van der Waals surface area contributed by atoms with Crippen LogP contribution < -0.4 is 15.2 Å². The van der Waals surface area contributed by atoms with Crippen molar-refractivity contribution in [2.75, 3.05) is 14.2 Å². The van der Waals surface area contributed by atoms with Gasteiger partial charge in [0.05, 0.1) is 31.7 Å². The molecule has 1 fully saturated rings. The zero-order valence-electron chi connectivity index (χ0n) is 11.0. The summed E-state index contributed by atoms with van der Waals surface area (Å²) in [5.41, 5.74) is 7.63. The van der Waals surface area contributed by atoms with Gasteiger partial charge >= 0.3 is 0 Å². The minimum atomic E-state index is -0.408. The molecule has 1 aliphatic rings. The van der Waals surface area contributed by atoms with Gasteiger partial charge in [-0.25, -0.2) is 0 Å². The van der Waals surface area contributed by atoms with E-state index in [1.54, 1.807) is 14.2 Å². The van der Waals surface area contributed by atoms with Crippen LogP contribution in [0.4, 0.5) is 0 Å². The van der Waals surface area contributed by atoms with Gasteiger partial charge in [-0.05, 0) is 31.9 Å². The van der Waals surface area contributed by atoms with Crippen LogP contribution in [0.15, 0.2) is 12.1 Å². The molecule has 1 unspecified atom stereocenters. The van der Waals surface area contributed by atoms with Gasteiger partial charge in [0.1, 0.15) is 11.5 Å². The molecular formula is C14H18N2O2. The number of hydrogen-bond donors (Lipinski definition) is 1. The lowest BCUT2D eigenvalue weighted by molar-refractivity contribution is 0.377. The van der Waals surface area contributed by atoms with Crippen molar-refractivity contribution in [2.24, 2.45) is 11.1 Å². The Morgan fingerprint density at radius 2 is 2.00 bits per heavy atom. The van der Waals surface area contributed by atoms with Crippen LogP contribution in [0.3, 0.4) is 0 Å². The minimum absolute atomic E-state index is 0.304. The first-order chi connectivity index (χ1) is 8.59. The summed E-state index contributed by atoms with van der Waals surface area (Å²) in [6.07, 6.45) is 1.72. The van der Waals surface area contributed by atoms with Crippen LogP contribution in [-0.2, 0) is 0 Å². The highest BCUT2D eigenvalue weighted by molar-refractivity contribution is 5.51. The van der Waals surface area contributed by atoms with Crippen molar-refractivity contribution in [1.82, 2.24) is 0 Å². The van der Waals surface area contributed by atoms with Crippen LogP contribution in [-0.4, -0.2) is 14.2 Å². The van der Waals surface area contributed by atoms with E-state index in [9.17, 15) is 5.26 Å². The van der Waals surface area contributed by atoms with E-state index in [0.29, 0.717) is 0 Å². The lowest BCUT2D eigenvalue weighted by atomic mass is 9.90. The number of ether oxygens (including phenoxy) is 2. The Morgan fingerprint density at radius 3 is 2.44 bits per heavy atom. The normalized spacial score (nSPS) is 17.7. The molecule has 1 aromatic rings. The predicted molar refractivity (Wildman–Crippen MR) is 68.5 cm³/mol. The highest BCUT2D eigenvalue weighted by Gasteiger charge is 2.50. The van der Waals surface area contributed by atoms with E-state index >= 15 is 0 Å². The number of benzene rings is 1. The monoisotopic (exact) mass is 246 g/mol. The van der Waals surface area contributed by atoms with Crippen LogP contribution >= 0.6 is 0 Å². The first-order valence-electron chi connectivity index (χ1n) is 5.98. The van der Waals surface area contributed by atoms with Crippen LogP contribution in [0.1, 0.15) is 30.0 Å². The maximum Gasteiger partial charge on any atom is 0.130 e. The first-order valence-corrected chi connectivity index (χ1v) is 5.98. The molecule has 18 heavy (non-hydrogen) atoms. The summed E-state index contributed by atoms with van der Waals surface area (Å²) < 4.78 is 10.7. The molecule has 1 saturated carbocycles. The Bertz CT molecular complexity index is 501. The minimum Gasteiger partial charge on any atom is -0.496 e. The molecule has 4 heteroatoms. The quantitative estimate of drug-likeness (QED) is 0.885. The molecule has 96 valence electrons. The summed E-state index contributed by atoms with van der Waals surface area (Å²) in [6.45, 7) is 1.93. The summed E-state index contributed by atoms with van der Waals surface area (Å²) in [4.78, 5) is 0. The third kappa shape index (κ3) is 1.81. The Balaban J connectivity index is 2.46. The van der Waals surface area contributed by atoms with Crippen LogP contribution in [0, 0.1) is 23.7 Å². The molecule has 0 spiro atoms. The summed E-state index contributed by atoms with van der Waals surface area (Å²) >= 11 is 0. The molecule has 0 radical (unpaired) electrons. The molecule has 4 nitrogen and oxygen atoms in total. The lowest BCUT2D eigenvalue weighted by Gasteiger charge is -2.22.